The Kier molecular flexibility index (Phi) is 1.61. The van der Waals surface area contributed by atoms with E-state index in [1.807, 2.05) is 0 Å². The molecule has 3 N–H and O–H groups in total. The molecule has 2 heterocycles. The molecule has 74 valence electrons. The van der Waals surface area contributed by atoms with Gasteiger partial charge >= 0.3 is 0 Å². The summed E-state index contributed by atoms with van der Waals surface area (Å²) < 4.78 is 0. The lowest BCUT2D eigenvalue weighted by Gasteiger charge is -2.21. The first kappa shape index (κ1) is 8.28. The first-order valence-electron chi connectivity index (χ1n) is 4.62. The van der Waals surface area contributed by atoms with Crippen LogP contribution < -0.4 is 11.1 Å². The Morgan fingerprint density at radius 2 is 2.21 bits per heavy atom. The average molecular weight is 210 g/mol. The third-order valence-electron chi connectivity index (χ3n) is 2.52. The van der Waals surface area contributed by atoms with Gasteiger partial charge in [0.05, 0.1) is 0 Å². The van der Waals surface area contributed by atoms with Crippen molar-refractivity contribution >= 4 is 28.7 Å². The zero-order chi connectivity index (χ0) is 9.71. The number of amidine groups is 2. The van der Waals surface area contributed by atoms with Crippen LogP contribution in [-0.4, -0.2) is 28.3 Å². The van der Waals surface area contributed by atoms with E-state index in [9.17, 15) is 4.79 Å². The van der Waals surface area contributed by atoms with Crippen molar-refractivity contribution in [1.82, 2.24) is 5.32 Å². The number of amides is 1. The van der Waals surface area contributed by atoms with Crippen LogP contribution >= 0.6 is 11.8 Å². The lowest BCUT2D eigenvalue weighted by Crippen LogP contribution is -2.46. The Balaban J connectivity index is 1.90. The monoisotopic (exact) mass is 210 g/mol. The summed E-state index contributed by atoms with van der Waals surface area (Å²) in [5, 5.41) is 3.06. The minimum Gasteiger partial charge on any atom is -0.378 e. The Hall–Kier alpha value is -1.04. The summed E-state index contributed by atoms with van der Waals surface area (Å²) in [6, 6.07) is 0. The fourth-order valence-electron chi connectivity index (χ4n) is 1.64. The van der Waals surface area contributed by atoms with Crippen molar-refractivity contribution in [3.63, 3.8) is 0 Å². The molecule has 3 aliphatic rings. The van der Waals surface area contributed by atoms with Gasteiger partial charge in [0.15, 0.2) is 11.3 Å². The van der Waals surface area contributed by atoms with Crippen LogP contribution in [0.2, 0.25) is 0 Å². The maximum Gasteiger partial charge on any atom is 0.243 e. The molecule has 1 saturated carbocycles. The van der Waals surface area contributed by atoms with Gasteiger partial charge in [-0.15, -0.1) is 0 Å². The van der Waals surface area contributed by atoms with Gasteiger partial charge < -0.3 is 11.1 Å². The molecule has 2 atom stereocenters. The SMILES string of the molecule is NC1=NC2N=C(C3CC3)NC(=O)C2S1. The Bertz CT molecular complexity index is 360. The van der Waals surface area contributed by atoms with Crippen LogP contribution in [-0.2, 0) is 4.79 Å². The van der Waals surface area contributed by atoms with Crippen LogP contribution in [0, 0.1) is 5.92 Å². The molecule has 3 rings (SSSR count). The highest BCUT2D eigenvalue weighted by Crippen LogP contribution is 2.34. The summed E-state index contributed by atoms with van der Waals surface area (Å²) in [5.41, 5.74) is 5.56. The Morgan fingerprint density at radius 1 is 1.43 bits per heavy atom. The fraction of sp³-hybridized carbons (Fsp3) is 0.625. The summed E-state index contributed by atoms with van der Waals surface area (Å²) in [6.45, 7) is 0. The molecular weight excluding hydrogens is 200 g/mol. The number of nitrogens with zero attached hydrogens (tertiary/aromatic N) is 2. The molecule has 1 fully saturated rings. The zero-order valence-electron chi connectivity index (χ0n) is 7.43. The molecule has 0 spiro atoms. The number of rotatable bonds is 1. The van der Waals surface area contributed by atoms with Crippen LogP contribution in [0.4, 0.5) is 0 Å². The van der Waals surface area contributed by atoms with E-state index in [1.165, 1.54) is 11.8 Å². The normalized spacial score (nSPS) is 35.9. The Morgan fingerprint density at radius 3 is 2.93 bits per heavy atom. The minimum atomic E-state index is -0.274. The molecule has 5 nitrogen and oxygen atoms in total. The molecule has 1 aliphatic carbocycles. The van der Waals surface area contributed by atoms with E-state index in [2.05, 4.69) is 15.3 Å². The quantitative estimate of drug-likeness (QED) is 0.622. The first-order valence-corrected chi connectivity index (χ1v) is 5.50. The van der Waals surface area contributed by atoms with E-state index in [1.54, 1.807) is 0 Å². The van der Waals surface area contributed by atoms with Crippen molar-refractivity contribution < 1.29 is 4.79 Å². The number of hydrogen-bond acceptors (Lipinski definition) is 5. The van der Waals surface area contributed by atoms with Crippen molar-refractivity contribution in [1.29, 1.82) is 0 Å². The van der Waals surface area contributed by atoms with E-state index in [0.717, 1.165) is 18.7 Å². The summed E-state index contributed by atoms with van der Waals surface area (Å²) in [4.78, 5) is 20.2. The number of nitrogens with two attached hydrogens (primary N) is 1. The molecule has 6 heteroatoms. The standard InChI is InChI=1S/C8H10N4OS/c9-8-12-6-4(14-8)7(13)11-5(10-6)3-1-2-3/h3-4,6H,1-2H2,(H2,9,12)(H,10,11,13). The average Bonchev–Trinajstić information content (AvgIpc) is 2.89. The molecule has 0 saturated heterocycles. The van der Waals surface area contributed by atoms with E-state index < -0.39 is 0 Å². The van der Waals surface area contributed by atoms with Gasteiger partial charge in [0.25, 0.3) is 0 Å². The highest BCUT2D eigenvalue weighted by atomic mass is 32.2. The summed E-state index contributed by atoms with van der Waals surface area (Å²) in [5.74, 6) is 1.28. The van der Waals surface area contributed by atoms with Crippen molar-refractivity contribution in [2.24, 2.45) is 21.6 Å². The molecule has 14 heavy (non-hydrogen) atoms. The maximum atomic E-state index is 11.6. The molecule has 0 bridgehead atoms. The zero-order valence-corrected chi connectivity index (χ0v) is 8.25. The lowest BCUT2D eigenvalue weighted by atomic mass is 10.2. The van der Waals surface area contributed by atoms with Crippen molar-refractivity contribution in [3.8, 4) is 0 Å². The molecule has 0 radical (unpaired) electrons. The molecule has 2 aliphatic heterocycles. The predicted molar refractivity (Wildman–Crippen MR) is 55.1 cm³/mol. The van der Waals surface area contributed by atoms with Crippen LogP contribution in [0.3, 0.4) is 0 Å². The van der Waals surface area contributed by atoms with Gasteiger partial charge in [-0.1, -0.05) is 11.8 Å². The minimum absolute atomic E-state index is 0.00102. The van der Waals surface area contributed by atoms with Crippen molar-refractivity contribution in [2.45, 2.75) is 24.3 Å². The van der Waals surface area contributed by atoms with Crippen LogP contribution in [0.15, 0.2) is 9.98 Å². The summed E-state index contributed by atoms with van der Waals surface area (Å²) in [7, 11) is 0. The second-order valence-corrected chi connectivity index (χ2v) is 4.86. The largest absolute Gasteiger partial charge is 0.378 e. The van der Waals surface area contributed by atoms with Gasteiger partial charge in [-0.05, 0) is 12.8 Å². The predicted octanol–water partition coefficient (Wildman–Crippen LogP) is -0.319. The number of carbonyl (C=O) groups excluding carboxylic acids is 1. The van der Waals surface area contributed by atoms with E-state index in [0.29, 0.717) is 11.1 Å². The van der Waals surface area contributed by atoms with Crippen molar-refractivity contribution in [2.75, 3.05) is 0 Å². The first-order chi connectivity index (χ1) is 6.74. The Labute approximate surface area is 85.2 Å². The van der Waals surface area contributed by atoms with Crippen molar-refractivity contribution in [3.05, 3.63) is 0 Å². The van der Waals surface area contributed by atoms with E-state index in [-0.39, 0.29) is 17.3 Å². The number of hydrogen-bond donors (Lipinski definition) is 2. The summed E-state index contributed by atoms with van der Waals surface area (Å²) in [6.07, 6.45) is 1.98. The third kappa shape index (κ3) is 1.21. The molecular formula is C8H10N4OS. The second-order valence-electron chi connectivity index (χ2n) is 3.70. The molecule has 1 amide bonds. The maximum absolute atomic E-state index is 11.6. The van der Waals surface area contributed by atoms with Gasteiger partial charge in [-0.3, -0.25) is 4.79 Å². The molecule has 0 aromatic rings. The number of fused-ring (bicyclic) bond motifs is 1. The van der Waals surface area contributed by atoms with Crippen LogP contribution in [0.1, 0.15) is 12.8 Å². The topological polar surface area (TPSA) is 79.8 Å². The van der Waals surface area contributed by atoms with Crippen LogP contribution in [0.5, 0.6) is 0 Å². The van der Waals surface area contributed by atoms with E-state index >= 15 is 0 Å². The highest BCUT2D eigenvalue weighted by molar-refractivity contribution is 8.15. The van der Waals surface area contributed by atoms with Gasteiger partial charge in [-0.2, -0.15) is 0 Å². The third-order valence-corrected chi connectivity index (χ3v) is 3.58. The number of aliphatic imine (C=N–C) groups is 2. The van der Waals surface area contributed by atoms with E-state index in [4.69, 9.17) is 5.73 Å². The summed E-state index contributed by atoms with van der Waals surface area (Å²) >= 11 is 1.30. The molecule has 0 aromatic heterocycles. The second kappa shape index (κ2) is 2.73. The van der Waals surface area contributed by atoms with Gasteiger partial charge in [0.2, 0.25) is 5.91 Å². The van der Waals surface area contributed by atoms with Gasteiger partial charge in [-0.25, -0.2) is 9.98 Å². The van der Waals surface area contributed by atoms with Crippen LogP contribution in [0.25, 0.3) is 0 Å². The number of thioether (sulfide) groups is 1. The molecule has 0 aromatic carbocycles. The lowest BCUT2D eigenvalue weighted by molar-refractivity contribution is -0.119. The fourth-order valence-corrected chi connectivity index (χ4v) is 2.48. The smallest absolute Gasteiger partial charge is 0.243 e. The number of carbonyl (C=O) groups is 1. The highest BCUT2D eigenvalue weighted by Gasteiger charge is 2.42. The molecule has 2 unspecified atom stereocenters. The van der Waals surface area contributed by atoms with Gasteiger partial charge in [0, 0.05) is 5.92 Å². The number of nitrogens with one attached hydrogen (secondary N) is 1. The van der Waals surface area contributed by atoms with Gasteiger partial charge in [0.1, 0.15) is 11.1 Å².